The summed E-state index contributed by atoms with van der Waals surface area (Å²) < 4.78 is 5.77. The fraction of sp³-hybridized carbons (Fsp3) is 0.467. The summed E-state index contributed by atoms with van der Waals surface area (Å²) in [5.41, 5.74) is 6.74. The van der Waals surface area contributed by atoms with Crippen LogP contribution in [0.15, 0.2) is 30.3 Å². The molecule has 0 heterocycles. The van der Waals surface area contributed by atoms with Crippen molar-refractivity contribution < 1.29 is 4.74 Å². The first kappa shape index (κ1) is 12.2. The van der Waals surface area contributed by atoms with Crippen LogP contribution in [0, 0.1) is 17.8 Å². The molecule has 0 saturated heterocycles. The Morgan fingerprint density at radius 1 is 1.24 bits per heavy atom. The van der Waals surface area contributed by atoms with Crippen molar-refractivity contribution in [1.29, 1.82) is 0 Å². The van der Waals surface area contributed by atoms with E-state index in [2.05, 4.69) is 11.8 Å². The molecule has 1 aliphatic rings. The van der Waals surface area contributed by atoms with E-state index in [1.165, 1.54) is 12.8 Å². The molecule has 2 rings (SSSR count). The predicted molar refractivity (Wildman–Crippen MR) is 69.5 cm³/mol. The van der Waals surface area contributed by atoms with Crippen LogP contribution < -0.4 is 5.73 Å². The SMILES string of the molecule is NCC1CCCC1OCC#Cc1ccccc1. The second kappa shape index (κ2) is 6.44. The molecule has 2 heteroatoms. The van der Waals surface area contributed by atoms with Gasteiger partial charge in [0.2, 0.25) is 0 Å². The lowest BCUT2D eigenvalue weighted by Crippen LogP contribution is -2.25. The van der Waals surface area contributed by atoms with Crippen molar-refractivity contribution in [2.24, 2.45) is 11.7 Å². The Kier molecular flexibility index (Phi) is 4.61. The van der Waals surface area contributed by atoms with Crippen LogP contribution in [0.25, 0.3) is 0 Å². The first-order valence-electron chi connectivity index (χ1n) is 6.25. The Hall–Kier alpha value is -1.30. The number of hydrogen-bond acceptors (Lipinski definition) is 2. The largest absolute Gasteiger partial charge is 0.365 e. The van der Waals surface area contributed by atoms with E-state index < -0.39 is 0 Å². The van der Waals surface area contributed by atoms with Crippen molar-refractivity contribution in [3.05, 3.63) is 35.9 Å². The Morgan fingerprint density at radius 3 is 2.82 bits per heavy atom. The molecule has 0 spiro atoms. The second-order valence-electron chi connectivity index (χ2n) is 4.44. The van der Waals surface area contributed by atoms with Gasteiger partial charge < -0.3 is 10.5 Å². The van der Waals surface area contributed by atoms with E-state index in [0.29, 0.717) is 18.6 Å². The van der Waals surface area contributed by atoms with Crippen LogP contribution in [0.5, 0.6) is 0 Å². The van der Waals surface area contributed by atoms with Gasteiger partial charge in [-0.3, -0.25) is 0 Å². The van der Waals surface area contributed by atoms with Gasteiger partial charge in [0, 0.05) is 5.56 Å². The molecule has 2 nitrogen and oxygen atoms in total. The van der Waals surface area contributed by atoms with Crippen molar-refractivity contribution >= 4 is 0 Å². The van der Waals surface area contributed by atoms with Crippen molar-refractivity contribution in [1.82, 2.24) is 0 Å². The molecule has 17 heavy (non-hydrogen) atoms. The van der Waals surface area contributed by atoms with E-state index in [0.717, 1.165) is 18.5 Å². The van der Waals surface area contributed by atoms with Crippen LogP contribution in [0.3, 0.4) is 0 Å². The van der Waals surface area contributed by atoms with E-state index in [1.54, 1.807) is 0 Å². The Labute approximate surface area is 103 Å². The zero-order valence-corrected chi connectivity index (χ0v) is 10.1. The summed E-state index contributed by atoms with van der Waals surface area (Å²) in [5, 5.41) is 0. The average Bonchev–Trinajstić information content (AvgIpc) is 2.83. The highest BCUT2D eigenvalue weighted by molar-refractivity contribution is 5.33. The van der Waals surface area contributed by atoms with E-state index in [9.17, 15) is 0 Å². The lowest BCUT2D eigenvalue weighted by Gasteiger charge is -2.16. The highest BCUT2D eigenvalue weighted by Gasteiger charge is 2.26. The normalized spacial score (nSPS) is 23.1. The lowest BCUT2D eigenvalue weighted by atomic mass is 10.1. The van der Waals surface area contributed by atoms with Gasteiger partial charge in [-0.25, -0.2) is 0 Å². The molecule has 2 atom stereocenters. The Balaban J connectivity index is 1.78. The number of benzene rings is 1. The molecule has 0 amide bonds. The van der Waals surface area contributed by atoms with Crippen LogP contribution in [-0.2, 0) is 4.74 Å². The predicted octanol–water partition coefficient (Wildman–Crippen LogP) is 2.18. The maximum absolute atomic E-state index is 5.77. The van der Waals surface area contributed by atoms with Crippen molar-refractivity contribution in [2.45, 2.75) is 25.4 Å². The molecular formula is C15H19NO. The highest BCUT2D eigenvalue weighted by Crippen LogP contribution is 2.26. The van der Waals surface area contributed by atoms with E-state index >= 15 is 0 Å². The third-order valence-electron chi connectivity index (χ3n) is 3.27. The zero-order valence-electron chi connectivity index (χ0n) is 10.1. The fourth-order valence-electron chi connectivity index (χ4n) is 2.30. The average molecular weight is 229 g/mol. The maximum Gasteiger partial charge on any atom is 0.108 e. The Morgan fingerprint density at radius 2 is 2.06 bits per heavy atom. The molecule has 1 aromatic carbocycles. The first-order chi connectivity index (χ1) is 8.40. The van der Waals surface area contributed by atoms with E-state index in [4.69, 9.17) is 10.5 Å². The minimum Gasteiger partial charge on any atom is -0.365 e. The summed E-state index contributed by atoms with van der Waals surface area (Å²) in [5.74, 6) is 6.69. The molecule has 90 valence electrons. The summed E-state index contributed by atoms with van der Waals surface area (Å²) in [6, 6.07) is 9.99. The molecule has 0 radical (unpaired) electrons. The lowest BCUT2D eigenvalue weighted by molar-refractivity contribution is 0.0521. The number of nitrogens with two attached hydrogens (primary N) is 1. The van der Waals surface area contributed by atoms with Gasteiger partial charge in [0.25, 0.3) is 0 Å². The van der Waals surface area contributed by atoms with Gasteiger partial charge in [-0.1, -0.05) is 36.5 Å². The molecule has 0 aliphatic heterocycles. The van der Waals surface area contributed by atoms with Crippen LogP contribution >= 0.6 is 0 Å². The maximum atomic E-state index is 5.77. The minimum absolute atomic E-state index is 0.324. The van der Waals surface area contributed by atoms with Crippen LogP contribution in [0.1, 0.15) is 24.8 Å². The van der Waals surface area contributed by atoms with E-state index in [-0.39, 0.29) is 0 Å². The summed E-state index contributed by atoms with van der Waals surface area (Å²) in [7, 11) is 0. The van der Waals surface area contributed by atoms with Crippen molar-refractivity contribution in [3.63, 3.8) is 0 Å². The molecule has 1 aromatic rings. The molecular weight excluding hydrogens is 210 g/mol. The third kappa shape index (κ3) is 3.59. The molecule has 1 aliphatic carbocycles. The quantitative estimate of drug-likeness (QED) is 0.806. The summed E-state index contributed by atoms with van der Waals surface area (Å²) in [6.45, 7) is 1.24. The van der Waals surface area contributed by atoms with Gasteiger partial charge in [0.15, 0.2) is 0 Å². The highest BCUT2D eigenvalue weighted by atomic mass is 16.5. The number of rotatable bonds is 3. The van der Waals surface area contributed by atoms with E-state index in [1.807, 2.05) is 30.3 Å². The Bertz CT molecular complexity index is 390. The van der Waals surface area contributed by atoms with Crippen molar-refractivity contribution in [2.75, 3.05) is 13.2 Å². The zero-order chi connectivity index (χ0) is 11.9. The molecule has 0 aromatic heterocycles. The van der Waals surface area contributed by atoms with Crippen molar-refractivity contribution in [3.8, 4) is 11.8 Å². The fourth-order valence-corrected chi connectivity index (χ4v) is 2.30. The van der Waals surface area contributed by atoms with Gasteiger partial charge in [0.05, 0.1) is 6.10 Å². The summed E-state index contributed by atoms with van der Waals surface area (Å²) in [6.07, 6.45) is 3.89. The topological polar surface area (TPSA) is 35.2 Å². The van der Waals surface area contributed by atoms with Crippen LogP contribution in [-0.4, -0.2) is 19.3 Å². The molecule has 0 bridgehead atoms. The standard InChI is InChI=1S/C15H19NO/c16-12-14-9-4-10-15(14)17-11-5-8-13-6-2-1-3-7-13/h1-3,6-7,14-15H,4,9-12,16H2. The third-order valence-corrected chi connectivity index (χ3v) is 3.27. The van der Waals surface area contributed by atoms with Gasteiger partial charge in [0.1, 0.15) is 6.61 Å². The van der Waals surface area contributed by atoms with Crippen LogP contribution in [0.4, 0.5) is 0 Å². The van der Waals surface area contributed by atoms with Gasteiger partial charge in [-0.15, -0.1) is 0 Å². The first-order valence-corrected chi connectivity index (χ1v) is 6.25. The summed E-state index contributed by atoms with van der Waals surface area (Å²) in [4.78, 5) is 0. The smallest absolute Gasteiger partial charge is 0.108 e. The summed E-state index contributed by atoms with van der Waals surface area (Å²) >= 11 is 0. The number of ether oxygens (including phenoxy) is 1. The number of hydrogen-bond donors (Lipinski definition) is 1. The minimum atomic E-state index is 0.324. The van der Waals surface area contributed by atoms with Gasteiger partial charge in [-0.2, -0.15) is 0 Å². The van der Waals surface area contributed by atoms with Gasteiger partial charge in [-0.05, 0) is 37.4 Å². The van der Waals surface area contributed by atoms with Crippen LogP contribution in [0.2, 0.25) is 0 Å². The molecule has 1 saturated carbocycles. The van der Waals surface area contributed by atoms with Gasteiger partial charge >= 0.3 is 0 Å². The second-order valence-corrected chi connectivity index (χ2v) is 4.44. The molecule has 2 N–H and O–H groups in total. The molecule has 2 unspecified atom stereocenters. The molecule has 1 fully saturated rings. The monoisotopic (exact) mass is 229 g/mol.